The SMILES string of the molecule is CCNc1nc(C(C)C)c2cn[nH]c2n1. The van der Waals surface area contributed by atoms with Crippen LogP contribution in [0.25, 0.3) is 11.0 Å². The van der Waals surface area contributed by atoms with Crippen molar-refractivity contribution in [3.63, 3.8) is 0 Å². The summed E-state index contributed by atoms with van der Waals surface area (Å²) in [4.78, 5) is 8.81. The topological polar surface area (TPSA) is 66.5 Å². The molecule has 0 aliphatic carbocycles. The second-order valence-electron chi connectivity index (χ2n) is 3.75. The Morgan fingerprint density at radius 2 is 2.20 bits per heavy atom. The molecule has 2 heterocycles. The first kappa shape index (κ1) is 9.89. The van der Waals surface area contributed by atoms with E-state index < -0.39 is 0 Å². The van der Waals surface area contributed by atoms with Gasteiger partial charge in [0.1, 0.15) is 0 Å². The molecule has 2 rings (SSSR count). The third-order valence-electron chi connectivity index (χ3n) is 2.22. The third kappa shape index (κ3) is 1.77. The molecule has 0 aromatic carbocycles. The van der Waals surface area contributed by atoms with E-state index in [0.717, 1.165) is 23.3 Å². The van der Waals surface area contributed by atoms with E-state index in [1.54, 1.807) is 6.20 Å². The number of nitrogens with zero attached hydrogens (tertiary/aromatic N) is 3. The molecule has 2 aromatic rings. The Hall–Kier alpha value is -1.65. The number of aromatic amines is 1. The van der Waals surface area contributed by atoms with Crippen LogP contribution < -0.4 is 5.32 Å². The zero-order valence-corrected chi connectivity index (χ0v) is 9.20. The summed E-state index contributed by atoms with van der Waals surface area (Å²) in [6, 6.07) is 0. The molecule has 0 saturated heterocycles. The minimum absolute atomic E-state index is 0.366. The Morgan fingerprint density at radius 1 is 1.40 bits per heavy atom. The van der Waals surface area contributed by atoms with E-state index in [1.807, 2.05) is 6.92 Å². The van der Waals surface area contributed by atoms with Gasteiger partial charge in [-0.3, -0.25) is 5.10 Å². The van der Waals surface area contributed by atoms with Crippen LogP contribution in [0.5, 0.6) is 0 Å². The van der Waals surface area contributed by atoms with Crippen molar-refractivity contribution in [3.8, 4) is 0 Å². The van der Waals surface area contributed by atoms with E-state index in [4.69, 9.17) is 0 Å². The van der Waals surface area contributed by atoms with Crippen molar-refractivity contribution in [1.29, 1.82) is 0 Å². The largest absolute Gasteiger partial charge is 0.354 e. The molecule has 0 atom stereocenters. The Labute approximate surface area is 88.3 Å². The third-order valence-corrected chi connectivity index (χ3v) is 2.22. The maximum Gasteiger partial charge on any atom is 0.224 e. The van der Waals surface area contributed by atoms with Gasteiger partial charge in [0, 0.05) is 6.54 Å². The van der Waals surface area contributed by atoms with Gasteiger partial charge in [-0.2, -0.15) is 10.1 Å². The van der Waals surface area contributed by atoms with Gasteiger partial charge in [-0.25, -0.2) is 4.98 Å². The molecule has 0 radical (unpaired) electrons. The van der Waals surface area contributed by atoms with Crippen molar-refractivity contribution in [2.75, 3.05) is 11.9 Å². The molecule has 15 heavy (non-hydrogen) atoms. The molecule has 5 heteroatoms. The molecule has 0 unspecified atom stereocenters. The van der Waals surface area contributed by atoms with Gasteiger partial charge in [-0.15, -0.1) is 0 Å². The van der Waals surface area contributed by atoms with E-state index in [-0.39, 0.29) is 0 Å². The van der Waals surface area contributed by atoms with E-state index in [0.29, 0.717) is 11.9 Å². The van der Waals surface area contributed by atoms with Crippen LogP contribution in [-0.2, 0) is 0 Å². The molecule has 0 spiro atoms. The summed E-state index contributed by atoms with van der Waals surface area (Å²) in [6.45, 7) is 7.07. The van der Waals surface area contributed by atoms with Gasteiger partial charge in [0.15, 0.2) is 5.65 Å². The van der Waals surface area contributed by atoms with Crippen molar-refractivity contribution in [2.45, 2.75) is 26.7 Å². The summed E-state index contributed by atoms with van der Waals surface area (Å²) in [6.07, 6.45) is 1.78. The number of anilines is 1. The first-order valence-corrected chi connectivity index (χ1v) is 5.17. The zero-order chi connectivity index (χ0) is 10.8. The Morgan fingerprint density at radius 3 is 2.87 bits per heavy atom. The second-order valence-corrected chi connectivity index (χ2v) is 3.75. The van der Waals surface area contributed by atoms with Crippen molar-refractivity contribution < 1.29 is 0 Å². The van der Waals surface area contributed by atoms with Crippen LogP contribution in [0.2, 0.25) is 0 Å². The summed E-state index contributed by atoms with van der Waals surface area (Å²) in [7, 11) is 0. The number of fused-ring (bicyclic) bond motifs is 1. The second kappa shape index (κ2) is 3.84. The Bertz CT molecular complexity index is 460. The highest BCUT2D eigenvalue weighted by atomic mass is 15.2. The number of hydrogen-bond donors (Lipinski definition) is 2. The van der Waals surface area contributed by atoms with E-state index >= 15 is 0 Å². The van der Waals surface area contributed by atoms with Gasteiger partial charge in [0.05, 0.1) is 17.3 Å². The molecule has 0 aliphatic heterocycles. The fraction of sp³-hybridized carbons (Fsp3) is 0.500. The highest BCUT2D eigenvalue weighted by Crippen LogP contribution is 2.22. The lowest BCUT2D eigenvalue weighted by Gasteiger charge is -2.08. The van der Waals surface area contributed by atoms with Crippen molar-refractivity contribution in [3.05, 3.63) is 11.9 Å². The molecule has 0 aliphatic rings. The Balaban J connectivity index is 2.58. The molecule has 5 nitrogen and oxygen atoms in total. The molecular weight excluding hydrogens is 190 g/mol. The monoisotopic (exact) mass is 205 g/mol. The van der Waals surface area contributed by atoms with E-state index in [2.05, 4.69) is 39.3 Å². The molecule has 0 amide bonds. The minimum atomic E-state index is 0.366. The van der Waals surface area contributed by atoms with Gasteiger partial charge < -0.3 is 5.32 Å². The smallest absolute Gasteiger partial charge is 0.224 e. The molecule has 80 valence electrons. The molecule has 2 N–H and O–H groups in total. The summed E-state index contributed by atoms with van der Waals surface area (Å²) in [5.74, 6) is 1.03. The maximum absolute atomic E-state index is 4.48. The normalized spacial score (nSPS) is 11.2. The summed E-state index contributed by atoms with van der Waals surface area (Å²) in [5, 5.41) is 11.0. The molecule has 2 aromatic heterocycles. The number of nitrogens with one attached hydrogen (secondary N) is 2. The van der Waals surface area contributed by atoms with Crippen LogP contribution in [-0.4, -0.2) is 26.7 Å². The molecule has 0 fully saturated rings. The van der Waals surface area contributed by atoms with Crippen LogP contribution in [0.4, 0.5) is 5.95 Å². The maximum atomic E-state index is 4.48. The zero-order valence-electron chi connectivity index (χ0n) is 9.20. The number of H-pyrrole nitrogens is 1. The standard InChI is InChI=1S/C10H15N5/c1-4-11-10-13-8(6(2)3)7-5-12-15-9(7)14-10/h5-6H,4H2,1-3H3,(H2,11,12,13,14,15). The van der Waals surface area contributed by atoms with Crippen LogP contribution in [0.3, 0.4) is 0 Å². The summed E-state index contributed by atoms with van der Waals surface area (Å²) < 4.78 is 0. The van der Waals surface area contributed by atoms with Crippen molar-refractivity contribution in [2.24, 2.45) is 0 Å². The van der Waals surface area contributed by atoms with Crippen LogP contribution in [0.15, 0.2) is 6.20 Å². The predicted octanol–water partition coefficient (Wildman–Crippen LogP) is 1.91. The lowest BCUT2D eigenvalue weighted by atomic mass is 10.1. The van der Waals surface area contributed by atoms with Crippen LogP contribution in [0, 0.1) is 0 Å². The predicted molar refractivity (Wildman–Crippen MR) is 59.9 cm³/mol. The first-order valence-electron chi connectivity index (χ1n) is 5.17. The average Bonchev–Trinajstić information content (AvgIpc) is 2.64. The average molecular weight is 205 g/mol. The molecule has 0 saturated carbocycles. The number of rotatable bonds is 3. The number of hydrogen-bond acceptors (Lipinski definition) is 4. The van der Waals surface area contributed by atoms with Gasteiger partial charge in [-0.05, 0) is 12.8 Å². The van der Waals surface area contributed by atoms with E-state index in [9.17, 15) is 0 Å². The molecule has 0 bridgehead atoms. The quantitative estimate of drug-likeness (QED) is 0.803. The number of aromatic nitrogens is 4. The van der Waals surface area contributed by atoms with Gasteiger partial charge in [0.2, 0.25) is 5.95 Å². The summed E-state index contributed by atoms with van der Waals surface area (Å²) >= 11 is 0. The first-order chi connectivity index (χ1) is 7.22. The fourth-order valence-electron chi connectivity index (χ4n) is 1.53. The van der Waals surface area contributed by atoms with E-state index in [1.165, 1.54) is 0 Å². The highest BCUT2D eigenvalue weighted by Gasteiger charge is 2.11. The van der Waals surface area contributed by atoms with Crippen LogP contribution >= 0.6 is 0 Å². The Kier molecular flexibility index (Phi) is 2.53. The molecular formula is C10H15N5. The van der Waals surface area contributed by atoms with Crippen molar-refractivity contribution >= 4 is 17.0 Å². The summed E-state index contributed by atoms with van der Waals surface area (Å²) in [5.41, 5.74) is 1.83. The lowest BCUT2D eigenvalue weighted by molar-refractivity contribution is 0.829. The lowest BCUT2D eigenvalue weighted by Crippen LogP contribution is -2.05. The van der Waals surface area contributed by atoms with Gasteiger partial charge in [0.25, 0.3) is 0 Å². The minimum Gasteiger partial charge on any atom is -0.354 e. The van der Waals surface area contributed by atoms with Crippen molar-refractivity contribution in [1.82, 2.24) is 20.2 Å². The highest BCUT2D eigenvalue weighted by molar-refractivity contribution is 5.78. The van der Waals surface area contributed by atoms with Gasteiger partial charge >= 0.3 is 0 Å². The van der Waals surface area contributed by atoms with Gasteiger partial charge in [-0.1, -0.05) is 13.8 Å². The van der Waals surface area contributed by atoms with Crippen LogP contribution in [0.1, 0.15) is 32.4 Å². The fourth-order valence-corrected chi connectivity index (χ4v) is 1.53.